The largest absolute Gasteiger partial charge is 0.506 e. The molecule has 0 saturated carbocycles. The summed E-state index contributed by atoms with van der Waals surface area (Å²) in [6.45, 7) is 8.93. The lowest BCUT2D eigenvalue weighted by molar-refractivity contribution is 0.102. The van der Waals surface area contributed by atoms with E-state index in [0.29, 0.717) is 41.9 Å². The number of carbonyl (C=O) groups is 1. The van der Waals surface area contributed by atoms with Gasteiger partial charge in [0.15, 0.2) is 11.5 Å². The van der Waals surface area contributed by atoms with Crippen LogP contribution >= 0.6 is 0 Å². The molecule has 0 aliphatic heterocycles. The Balaban J connectivity index is 2.19. The highest BCUT2D eigenvalue weighted by atomic mass is 16.5. The lowest BCUT2D eigenvalue weighted by Crippen LogP contribution is -2.13. The Morgan fingerprint density at radius 2 is 1.88 bits per heavy atom. The maximum Gasteiger partial charge on any atom is 0.255 e. The Morgan fingerprint density at radius 3 is 2.52 bits per heavy atom. The number of anilines is 1. The van der Waals surface area contributed by atoms with Gasteiger partial charge in [0.05, 0.1) is 18.9 Å². The number of carbonyl (C=O) groups excluding carboxylic acids is 1. The monoisotopic (exact) mass is 343 g/mol. The summed E-state index contributed by atoms with van der Waals surface area (Å²) in [5, 5.41) is 12.6. The van der Waals surface area contributed by atoms with Gasteiger partial charge in [-0.15, -0.1) is 0 Å². The summed E-state index contributed by atoms with van der Waals surface area (Å²) in [5.41, 5.74) is 1.72. The van der Waals surface area contributed by atoms with Gasteiger partial charge in [0.2, 0.25) is 0 Å². The first kappa shape index (κ1) is 18.6. The molecule has 0 bridgehead atoms. The van der Waals surface area contributed by atoms with E-state index >= 15 is 0 Å². The van der Waals surface area contributed by atoms with Gasteiger partial charge in [0, 0.05) is 5.56 Å². The predicted octanol–water partition coefficient (Wildman–Crippen LogP) is 4.39. The molecule has 5 nitrogen and oxygen atoms in total. The first-order chi connectivity index (χ1) is 11.9. The first-order valence-electron chi connectivity index (χ1n) is 8.41. The average molecular weight is 343 g/mol. The summed E-state index contributed by atoms with van der Waals surface area (Å²) < 4.78 is 11.3. The van der Waals surface area contributed by atoms with Crippen LogP contribution in [0.4, 0.5) is 5.69 Å². The fraction of sp³-hybridized carbons (Fsp3) is 0.350. The summed E-state index contributed by atoms with van der Waals surface area (Å²) in [7, 11) is 0. The van der Waals surface area contributed by atoms with Crippen LogP contribution in [0, 0.1) is 12.8 Å². The van der Waals surface area contributed by atoms with Crippen molar-refractivity contribution in [2.45, 2.75) is 27.7 Å². The number of rotatable bonds is 7. The third-order valence-electron chi connectivity index (χ3n) is 3.48. The zero-order valence-corrected chi connectivity index (χ0v) is 15.1. The third kappa shape index (κ3) is 5.14. The average Bonchev–Trinajstić information content (AvgIpc) is 2.56. The standard InChI is InChI=1S/C20H25NO4/c1-5-24-19-11-15(7-9-18(19)25-12-13(2)3)20(23)21-16-8-6-14(4)10-17(16)22/h6-11,13,22H,5,12H2,1-4H3,(H,21,23). The van der Waals surface area contributed by atoms with Gasteiger partial charge in [-0.2, -0.15) is 0 Å². The number of amides is 1. The Bertz CT molecular complexity index is 740. The van der Waals surface area contributed by atoms with Gasteiger partial charge in [0.1, 0.15) is 5.75 Å². The topological polar surface area (TPSA) is 67.8 Å². The summed E-state index contributed by atoms with van der Waals surface area (Å²) in [6, 6.07) is 10.2. The van der Waals surface area contributed by atoms with E-state index in [2.05, 4.69) is 19.2 Å². The third-order valence-corrected chi connectivity index (χ3v) is 3.48. The van der Waals surface area contributed by atoms with Crippen molar-refractivity contribution >= 4 is 11.6 Å². The van der Waals surface area contributed by atoms with Crippen molar-refractivity contribution in [2.75, 3.05) is 18.5 Å². The zero-order valence-electron chi connectivity index (χ0n) is 15.1. The van der Waals surface area contributed by atoms with Crippen molar-refractivity contribution in [3.8, 4) is 17.2 Å². The molecule has 134 valence electrons. The van der Waals surface area contributed by atoms with Gasteiger partial charge in [-0.1, -0.05) is 19.9 Å². The molecule has 0 aliphatic carbocycles. The van der Waals surface area contributed by atoms with Gasteiger partial charge in [0.25, 0.3) is 5.91 Å². The predicted molar refractivity (Wildman–Crippen MR) is 98.7 cm³/mol. The van der Waals surface area contributed by atoms with Gasteiger partial charge in [-0.25, -0.2) is 0 Å². The van der Waals surface area contributed by atoms with Crippen LogP contribution in [0.3, 0.4) is 0 Å². The van der Waals surface area contributed by atoms with E-state index in [0.717, 1.165) is 5.56 Å². The van der Waals surface area contributed by atoms with Crippen LogP contribution in [0.25, 0.3) is 0 Å². The van der Waals surface area contributed by atoms with Crippen LogP contribution in [0.15, 0.2) is 36.4 Å². The molecule has 2 aromatic rings. The fourth-order valence-electron chi connectivity index (χ4n) is 2.24. The Kier molecular flexibility index (Phi) is 6.28. The van der Waals surface area contributed by atoms with Crippen LogP contribution in [-0.2, 0) is 0 Å². The van der Waals surface area contributed by atoms with Gasteiger partial charge in [-0.3, -0.25) is 4.79 Å². The molecule has 2 N–H and O–H groups in total. The van der Waals surface area contributed by atoms with E-state index in [-0.39, 0.29) is 11.7 Å². The molecule has 0 spiro atoms. The number of hydrogen-bond acceptors (Lipinski definition) is 4. The number of aromatic hydroxyl groups is 1. The quantitative estimate of drug-likeness (QED) is 0.732. The molecule has 2 rings (SSSR count). The number of nitrogens with one attached hydrogen (secondary N) is 1. The second-order valence-electron chi connectivity index (χ2n) is 6.27. The van der Waals surface area contributed by atoms with Crippen LogP contribution in [-0.4, -0.2) is 24.2 Å². The van der Waals surface area contributed by atoms with Crippen molar-refractivity contribution in [2.24, 2.45) is 5.92 Å². The lowest BCUT2D eigenvalue weighted by Gasteiger charge is -2.15. The maximum atomic E-state index is 12.5. The summed E-state index contributed by atoms with van der Waals surface area (Å²) in [6.07, 6.45) is 0. The molecule has 2 aromatic carbocycles. The van der Waals surface area contributed by atoms with Crippen LogP contribution in [0.2, 0.25) is 0 Å². The van der Waals surface area contributed by atoms with Crippen LogP contribution in [0.1, 0.15) is 36.7 Å². The van der Waals surface area contributed by atoms with Crippen molar-refractivity contribution in [1.82, 2.24) is 0 Å². The molecule has 1 amide bonds. The van der Waals surface area contributed by atoms with Crippen LogP contribution < -0.4 is 14.8 Å². The van der Waals surface area contributed by atoms with E-state index in [1.54, 1.807) is 30.3 Å². The van der Waals surface area contributed by atoms with Crippen molar-refractivity contribution in [3.63, 3.8) is 0 Å². The molecule has 0 saturated heterocycles. The molecular formula is C20H25NO4. The Hall–Kier alpha value is -2.69. The van der Waals surface area contributed by atoms with Gasteiger partial charge in [-0.05, 0) is 55.7 Å². The number of phenols is 1. The molecule has 0 aliphatic rings. The summed E-state index contributed by atoms with van der Waals surface area (Å²) in [4.78, 5) is 12.5. The SMILES string of the molecule is CCOc1cc(C(=O)Nc2ccc(C)cc2O)ccc1OCC(C)C. The van der Waals surface area contributed by atoms with Crippen molar-refractivity contribution in [3.05, 3.63) is 47.5 Å². The number of aryl methyl sites for hydroxylation is 1. The minimum atomic E-state index is -0.324. The molecule has 0 aromatic heterocycles. The Labute approximate surface area is 148 Å². The smallest absolute Gasteiger partial charge is 0.255 e. The summed E-state index contributed by atoms with van der Waals surface area (Å²) in [5.74, 6) is 1.25. The molecular weight excluding hydrogens is 318 g/mol. The molecule has 25 heavy (non-hydrogen) atoms. The second-order valence-corrected chi connectivity index (χ2v) is 6.27. The number of hydrogen-bond donors (Lipinski definition) is 2. The highest BCUT2D eigenvalue weighted by molar-refractivity contribution is 6.05. The highest BCUT2D eigenvalue weighted by Crippen LogP contribution is 2.30. The molecule has 0 fully saturated rings. The summed E-state index contributed by atoms with van der Waals surface area (Å²) >= 11 is 0. The molecule has 0 heterocycles. The van der Waals surface area contributed by atoms with E-state index in [4.69, 9.17) is 9.47 Å². The minimum absolute atomic E-state index is 0.0373. The van der Waals surface area contributed by atoms with E-state index in [9.17, 15) is 9.90 Å². The Morgan fingerprint density at radius 1 is 1.12 bits per heavy atom. The van der Waals surface area contributed by atoms with E-state index < -0.39 is 0 Å². The van der Waals surface area contributed by atoms with Crippen molar-refractivity contribution in [1.29, 1.82) is 0 Å². The molecule has 5 heteroatoms. The van der Waals surface area contributed by atoms with Gasteiger partial charge < -0.3 is 19.9 Å². The number of phenolic OH excluding ortho intramolecular Hbond substituents is 1. The maximum absolute atomic E-state index is 12.5. The zero-order chi connectivity index (χ0) is 18.4. The van der Waals surface area contributed by atoms with E-state index in [1.807, 2.05) is 19.9 Å². The second kappa shape index (κ2) is 8.42. The molecule has 0 unspecified atom stereocenters. The highest BCUT2D eigenvalue weighted by Gasteiger charge is 2.14. The number of benzene rings is 2. The fourth-order valence-corrected chi connectivity index (χ4v) is 2.24. The van der Waals surface area contributed by atoms with Gasteiger partial charge >= 0.3 is 0 Å². The number of ether oxygens (including phenoxy) is 2. The minimum Gasteiger partial charge on any atom is -0.506 e. The van der Waals surface area contributed by atoms with Crippen molar-refractivity contribution < 1.29 is 19.4 Å². The molecule has 0 atom stereocenters. The normalized spacial score (nSPS) is 10.6. The lowest BCUT2D eigenvalue weighted by atomic mass is 10.1. The molecule has 0 radical (unpaired) electrons. The van der Waals surface area contributed by atoms with E-state index in [1.165, 1.54) is 0 Å². The first-order valence-corrected chi connectivity index (χ1v) is 8.41. The van der Waals surface area contributed by atoms with Crippen LogP contribution in [0.5, 0.6) is 17.2 Å².